The number of hydrogen-bond acceptors (Lipinski definition) is 4. The molecule has 3 heterocycles. The molecular formula is C14H15N3O3. The van der Waals surface area contributed by atoms with Crippen molar-refractivity contribution in [2.24, 2.45) is 0 Å². The third kappa shape index (κ3) is 2.36. The van der Waals surface area contributed by atoms with Crippen LogP contribution in [0.25, 0.3) is 0 Å². The van der Waals surface area contributed by atoms with Crippen LogP contribution in [-0.4, -0.2) is 27.5 Å². The fourth-order valence-corrected chi connectivity index (χ4v) is 2.59. The third-order valence-electron chi connectivity index (χ3n) is 3.53. The Bertz CT molecular complexity index is 647. The van der Waals surface area contributed by atoms with Gasteiger partial charge < -0.3 is 9.42 Å². The summed E-state index contributed by atoms with van der Waals surface area (Å²) in [5, 5.41) is 2.15. The van der Waals surface area contributed by atoms with Crippen LogP contribution in [0.4, 0.5) is 0 Å². The fraction of sp³-hybridized carbons (Fsp3) is 0.357. The lowest BCUT2D eigenvalue weighted by Gasteiger charge is -2.34. The lowest BCUT2D eigenvalue weighted by Crippen LogP contribution is -2.38. The summed E-state index contributed by atoms with van der Waals surface area (Å²) in [6.07, 6.45) is 4.60. The molecule has 1 fully saturated rings. The zero-order valence-corrected chi connectivity index (χ0v) is 10.9. The lowest BCUT2D eigenvalue weighted by atomic mass is 9.98. The van der Waals surface area contributed by atoms with E-state index in [1.165, 1.54) is 6.07 Å². The van der Waals surface area contributed by atoms with Crippen molar-refractivity contribution in [3.05, 3.63) is 52.3 Å². The van der Waals surface area contributed by atoms with E-state index in [4.69, 9.17) is 4.52 Å². The van der Waals surface area contributed by atoms with Gasteiger partial charge in [0.15, 0.2) is 0 Å². The molecule has 0 saturated carbocycles. The summed E-state index contributed by atoms with van der Waals surface area (Å²) in [6, 6.07) is 6.81. The summed E-state index contributed by atoms with van der Waals surface area (Å²) in [6.45, 7) is 0.648. The van der Waals surface area contributed by atoms with E-state index in [2.05, 4.69) is 10.1 Å². The molecule has 0 spiro atoms. The zero-order chi connectivity index (χ0) is 13.9. The van der Waals surface area contributed by atoms with Gasteiger partial charge in [0.25, 0.3) is 11.5 Å². The van der Waals surface area contributed by atoms with Crippen LogP contribution in [0.15, 0.2) is 39.8 Å². The molecule has 1 aliphatic heterocycles. The maximum atomic E-state index is 12.4. The number of amides is 1. The van der Waals surface area contributed by atoms with Crippen molar-refractivity contribution in [2.75, 3.05) is 6.54 Å². The van der Waals surface area contributed by atoms with Gasteiger partial charge in [-0.15, -0.1) is 0 Å². The smallest absolute Gasteiger partial charge is 0.293 e. The number of carbonyl (C=O) groups is 1. The maximum Gasteiger partial charge on any atom is 0.293 e. The molecule has 0 bridgehead atoms. The first-order chi connectivity index (χ1) is 9.75. The average Bonchev–Trinajstić information content (AvgIpc) is 2.94. The Labute approximate surface area is 115 Å². The number of pyridine rings is 1. The summed E-state index contributed by atoms with van der Waals surface area (Å²) in [7, 11) is 0. The highest BCUT2D eigenvalue weighted by Gasteiger charge is 2.31. The van der Waals surface area contributed by atoms with E-state index < -0.39 is 5.56 Å². The number of nitrogens with zero attached hydrogens (tertiary/aromatic N) is 2. The summed E-state index contributed by atoms with van der Waals surface area (Å²) < 4.78 is 4.91. The normalized spacial score (nSPS) is 19.0. The Kier molecular flexibility index (Phi) is 3.37. The van der Waals surface area contributed by atoms with E-state index >= 15 is 0 Å². The predicted octanol–water partition coefficient (Wildman–Crippen LogP) is 1.73. The summed E-state index contributed by atoms with van der Waals surface area (Å²) >= 11 is 0. The van der Waals surface area contributed by atoms with Crippen molar-refractivity contribution in [1.29, 1.82) is 0 Å². The maximum absolute atomic E-state index is 12.4. The van der Waals surface area contributed by atoms with E-state index in [0.717, 1.165) is 25.0 Å². The molecule has 6 heteroatoms. The number of rotatable bonds is 2. The van der Waals surface area contributed by atoms with Gasteiger partial charge in [-0.2, -0.15) is 5.16 Å². The Morgan fingerprint density at radius 3 is 3.00 bits per heavy atom. The molecular weight excluding hydrogens is 258 g/mol. The monoisotopic (exact) mass is 273 g/mol. The van der Waals surface area contributed by atoms with Gasteiger partial charge in [-0.05, 0) is 31.4 Å². The summed E-state index contributed by atoms with van der Waals surface area (Å²) in [5.74, 6) is -0.212. The van der Waals surface area contributed by atoms with E-state index in [-0.39, 0.29) is 17.7 Å². The van der Waals surface area contributed by atoms with E-state index in [0.29, 0.717) is 6.54 Å². The van der Waals surface area contributed by atoms with Crippen LogP contribution in [-0.2, 0) is 0 Å². The molecule has 0 aliphatic carbocycles. The van der Waals surface area contributed by atoms with Crippen molar-refractivity contribution in [1.82, 2.24) is 15.0 Å². The zero-order valence-electron chi connectivity index (χ0n) is 10.9. The molecule has 1 saturated heterocycles. The van der Waals surface area contributed by atoms with Gasteiger partial charge in [0.2, 0.25) is 5.76 Å². The minimum absolute atomic E-state index is 0.0535. The molecule has 3 rings (SSSR count). The second kappa shape index (κ2) is 5.32. The molecule has 1 amide bonds. The first-order valence-electron chi connectivity index (χ1n) is 6.66. The van der Waals surface area contributed by atoms with Crippen LogP contribution in [0.5, 0.6) is 0 Å². The lowest BCUT2D eigenvalue weighted by molar-refractivity contribution is 0.0564. The predicted molar refractivity (Wildman–Crippen MR) is 71.2 cm³/mol. The number of aromatic amines is 1. The number of H-pyrrole nitrogens is 1. The standard InChI is InChI=1S/C14H15N3O3/c18-13-9-12(20-16-13)14(19)17-8-4-2-6-11(17)10-5-1-3-7-15-10/h1,3,5,7,9,11H,2,4,6,8H2,(H,16,18). The molecule has 20 heavy (non-hydrogen) atoms. The minimum atomic E-state index is -0.403. The number of nitrogens with one attached hydrogen (secondary N) is 1. The Balaban J connectivity index is 1.89. The molecule has 1 unspecified atom stereocenters. The van der Waals surface area contributed by atoms with Crippen LogP contribution < -0.4 is 5.56 Å². The Morgan fingerprint density at radius 1 is 1.40 bits per heavy atom. The quantitative estimate of drug-likeness (QED) is 0.903. The van der Waals surface area contributed by atoms with Crippen LogP contribution in [0, 0.1) is 0 Å². The Morgan fingerprint density at radius 2 is 2.30 bits per heavy atom. The van der Waals surface area contributed by atoms with Gasteiger partial charge in [-0.25, -0.2) is 0 Å². The number of hydrogen-bond donors (Lipinski definition) is 1. The van der Waals surface area contributed by atoms with Gasteiger partial charge in [0.05, 0.1) is 17.8 Å². The number of aromatic nitrogens is 2. The van der Waals surface area contributed by atoms with E-state index in [1.54, 1.807) is 11.1 Å². The van der Waals surface area contributed by atoms with Crippen molar-refractivity contribution >= 4 is 5.91 Å². The topological polar surface area (TPSA) is 79.2 Å². The van der Waals surface area contributed by atoms with Gasteiger partial charge in [0, 0.05) is 12.7 Å². The van der Waals surface area contributed by atoms with Gasteiger partial charge in [-0.3, -0.25) is 14.6 Å². The molecule has 2 aromatic heterocycles. The first-order valence-corrected chi connectivity index (χ1v) is 6.66. The Hall–Kier alpha value is -2.37. The molecule has 1 aliphatic rings. The third-order valence-corrected chi connectivity index (χ3v) is 3.53. The first kappa shape index (κ1) is 12.7. The SMILES string of the molecule is O=C(c1cc(=O)[nH]o1)N1CCCCC1c1ccccn1. The fourth-order valence-electron chi connectivity index (χ4n) is 2.59. The second-order valence-electron chi connectivity index (χ2n) is 4.84. The summed E-state index contributed by atoms with van der Waals surface area (Å²) in [4.78, 5) is 29.6. The van der Waals surface area contributed by atoms with Crippen LogP contribution >= 0.6 is 0 Å². The number of piperidine rings is 1. The molecule has 0 aromatic carbocycles. The molecule has 1 N–H and O–H groups in total. The number of likely N-dealkylation sites (tertiary alicyclic amines) is 1. The van der Waals surface area contributed by atoms with E-state index in [9.17, 15) is 9.59 Å². The van der Waals surface area contributed by atoms with Gasteiger partial charge in [0.1, 0.15) is 0 Å². The van der Waals surface area contributed by atoms with E-state index in [1.807, 2.05) is 18.2 Å². The second-order valence-corrected chi connectivity index (χ2v) is 4.84. The highest BCUT2D eigenvalue weighted by Crippen LogP contribution is 2.30. The van der Waals surface area contributed by atoms with Gasteiger partial charge >= 0.3 is 0 Å². The van der Waals surface area contributed by atoms with Crippen LogP contribution in [0.2, 0.25) is 0 Å². The molecule has 6 nitrogen and oxygen atoms in total. The number of carbonyl (C=O) groups excluding carboxylic acids is 1. The van der Waals surface area contributed by atoms with Crippen LogP contribution in [0.1, 0.15) is 41.6 Å². The minimum Gasteiger partial charge on any atom is -0.373 e. The van der Waals surface area contributed by atoms with Crippen LogP contribution in [0.3, 0.4) is 0 Å². The van der Waals surface area contributed by atoms with Crippen molar-refractivity contribution in [2.45, 2.75) is 25.3 Å². The molecule has 2 aromatic rings. The average molecular weight is 273 g/mol. The highest BCUT2D eigenvalue weighted by molar-refractivity contribution is 5.91. The molecule has 1 atom stereocenters. The molecule has 104 valence electrons. The molecule has 0 radical (unpaired) electrons. The van der Waals surface area contributed by atoms with Crippen molar-refractivity contribution in [3.63, 3.8) is 0 Å². The van der Waals surface area contributed by atoms with Crippen molar-refractivity contribution in [3.8, 4) is 0 Å². The van der Waals surface area contributed by atoms with Crippen molar-refractivity contribution < 1.29 is 9.32 Å². The van der Waals surface area contributed by atoms with Gasteiger partial charge in [-0.1, -0.05) is 6.07 Å². The largest absolute Gasteiger partial charge is 0.373 e. The highest BCUT2D eigenvalue weighted by atomic mass is 16.5. The summed E-state index contributed by atoms with van der Waals surface area (Å²) in [5.41, 5.74) is 0.471.